The first-order valence-corrected chi connectivity index (χ1v) is 5.93. The Hall–Kier alpha value is -1.30. The lowest BCUT2D eigenvalue weighted by molar-refractivity contribution is -0.142. The van der Waals surface area contributed by atoms with E-state index in [2.05, 4.69) is 5.32 Å². The number of carboxylic acids is 1. The summed E-state index contributed by atoms with van der Waals surface area (Å²) in [6, 6.07) is -0.306. The van der Waals surface area contributed by atoms with Crippen LogP contribution in [-0.2, 0) is 9.53 Å². The predicted octanol–water partition coefficient (Wildman–Crippen LogP) is 0.280. The standard InChI is InChI=1S/C11H18N2O4/c1-13(7-3-2-4-7)11(16)12-9-6-17-5-8(9)10(14)15/h7-9H,2-6H2,1H3,(H,12,16)(H,14,15). The average molecular weight is 242 g/mol. The van der Waals surface area contributed by atoms with Crippen molar-refractivity contribution in [2.75, 3.05) is 20.3 Å². The second-order valence-corrected chi connectivity index (χ2v) is 4.73. The van der Waals surface area contributed by atoms with E-state index >= 15 is 0 Å². The van der Waals surface area contributed by atoms with E-state index < -0.39 is 17.9 Å². The number of ether oxygens (including phenoxy) is 1. The van der Waals surface area contributed by atoms with E-state index in [1.54, 1.807) is 11.9 Å². The maximum atomic E-state index is 11.9. The van der Waals surface area contributed by atoms with Crippen molar-refractivity contribution in [1.29, 1.82) is 0 Å². The zero-order valence-electron chi connectivity index (χ0n) is 9.89. The highest BCUT2D eigenvalue weighted by atomic mass is 16.5. The number of aliphatic carboxylic acids is 1. The summed E-state index contributed by atoms with van der Waals surface area (Å²) in [7, 11) is 1.75. The van der Waals surface area contributed by atoms with Crippen molar-refractivity contribution < 1.29 is 19.4 Å². The van der Waals surface area contributed by atoms with Gasteiger partial charge in [0.25, 0.3) is 0 Å². The molecule has 1 saturated carbocycles. The fourth-order valence-corrected chi connectivity index (χ4v) is 2.14. The van der Waals surface area contributed by atoms with E-state index in [9.17, 15) is 9.59 Å². The van der Waals surface area contributed by atoms with E-state index in [1.807, 2.05) is 0 Å². The van der Waals surface area contributed by atoms with Crippen LogP contribution in [0.3, 0.4) is 0 Å². The quantitative estimate of drug-likeness (QED) is 0.745. The highest BCUT2D eigenvalue weighted by Gasteiger charge is 2.36. The van der Waals surface area contributed by atoms with Gasteiger partial charge in [-0.1, -0.05) is 0 Å². The van der Waals surface area contributed by atoms with Gasteiger partial charge in [-0.05, 0) is 19.3 Å². The minimum absolute atomic E-state index is 0.174. The molecule has 0 aromatic carbocycles. The summed E-state index contributed by atoms with van der Waals surface area (Å²) < 4.78 is 5.10. The summed E-state index contributed by atoms with van der Waals surface area (Å²) in [5.41, 5.74) is 0. The van der Waals surface area contributed by atoms with Crippen LogP contribution >= 0.6 is 0 Å². The summed E-state index contributed by atoms with van der Waals surface area (Å²) in [4.78, 5) is 24.5. The maximum Gasteiger partial charge on any atom is 0.317 e. The number of hydrogen-bond donors (Lipinski definition) is 2. The number of nitrogens with zero attached hydrogens (tertiary/aromatic N) is 1. The van der Waals surface area contributed by atoms with Crippen LogP contribution in [-0.4, -0.2) is 54.4 Å². The Morgan fingerprint density at radius 1 is 1.35 bits per heavy atom. The third-order valence-electron chi connectivity index (χ3n) is 3.65. The van der Waals surface area contributed by atoms with Crippen molar-refractivity contribution >= 4 is 12.0 Å². The van der Waals surface area contributed by atoms with Crippen LogP contribution in [0, 0.1) is 5.92 Å². The van der Waals surface area contributed by atoms with Gasteiger partial charge in [-0.2, -0.15) is 0 Å². The Morgan fingerprint density at radius 2 is 2.06 bits per heavy atom. The van der Waals surface area contributed by atoms with Crippen molar-refractivity contribution in [1.82, 2.24) is 10.2 Å². The maximum absolute atomic E-state index is 11.9. The molecule has 0 radical (unpaired) electrons. The number of rotatable bonds is 3. The molecule has 2 aliphatic rings. The topological polar surface area (TPSA) is 78.9 Å². The number of carboxylic acid groups (broad SMARTS) is 1. The molecule has 1 heterocycles. The molecule has 96 valence electrons. The fraction of sp³-hybridized carbons (Fsp3) is 0.818. The van der Waals surface area contributed by atoms with E-state index in [4.69, 9.17) is 9.84 Å². The molecule has 1 aliphatic heterocycles. The summed E-state index contributed by atoms with van der Waals surface area (Å²) in [6.07, 6.45) is 3.23. The lowest BCUT2D eigenvalue weighted by Crippen LogP contribution is -2.52. The van der Waals surface area contributed by atoms with Gasteiger partial charge in [-0.25, -0.2) is 4.79 Å². The molecule has 1 aliphatic carbocycles. The molecule has 2 atom stereocenters. The summed E-state index contributed by atoms with van der Waals surface area (Å²) >= 11 is 0. The van der Waals surface area contributed by atoms with E-state index in [1.165, 1.54) is 0 Å². The molecule has 17 heavy (non-hydrogen) atoms. The molecule has 0 bridgehead atoms. The monoisotopic (exact) mass is 242 g/mol. The van der Waals surface area contributed by atoms with Gasteiger partial charge in [0.15, 0.2) is 0 Å². The lowest BCUT2D eigenvalue weighted by Gasteiger charge is -2.35. The van der Waals surface area contributed by atoms with Crippen LogP contribution in [0.4, 0.5) is 4.79 Å². The predicted molar refractivity (Wildman–Crippen MR) is 59.7 cm³/mol. The normalized spacial score (nSPS) is 28.5. The second-order valence-electron chi connectivity index (χ2n) is 4.73. The van der Waals surface area contributed by atoms with Crippen LogP contribution < -0.4 is 5.32 Å². The zero-order valence-corrected chi connectivity index (χ0v) is 9.89. The van der Waals surface area contributed by atoms with Gasteiger partial charge in [0.1, 0.15) is 5.92 Å². The SMILES string of the molecule is CN(C(=O)NC1COCC1C(=O)O)C1CCC1. The molecule has 2 rings (SSSR count). The van der Waals surface area contributed by atoms with Crippen LogP contribution in [0.2, 0.25) is 0 Å². The highest BCUT2D eigenvalue weighted by molar-refractivity contribution is 5.77. The Morgan fingerprint density at radius 3 is 2.59 bits per heavy atom. The van der Waals surface area contributed by atoms with Crippen LogP contribution in [0.1, 0.15) is 19.3 Å². The lowest BCUT2D eigenvalue weighted by atomic mass is 9.92. The Kier molecular flexibility index (Phi) is 3.51. The van der Waals surface area contributed by atoms with Crippen molar-refractivity contribution in [2.24, 2.45) is 5.92 Å². The van der Waals surface area contributed by atoms with E-state index in [0.717, 1.165) is 19.3 Å². The third-order valence-corrected chi connectivity index (χ3v) is 3.65. The van der Waals surface area contributed by atoms with Crippen molar-refractivity contribution in [3.05, 3.63) is 0 Å². The molecule has 6 heteroatoms. The molecule has 0 aromatic rings. The van der Waals surface area contributed by atoms with E-state index in [-0.39, 0.29) is 19.2 Å². The smallest absolute Gasteiger partial charge is 0.317 e. The minimum Gasteiger partial charge on any atom is -0.481 e. The summed E-state index contributed by atoms with van der Waals surface area (Å²) in [5.74, 6) is -1.55. The second kappa shape index (κ2) is 4.91. The first-order chi connectivity index (χ1) is 8.09. The van der Waals surface area contributed by atoms with Crippen molar-refractivity contribution in [3.8, 4) is 0 Å². The van der Waals surface area contributed by atoms with Crippen molar-refractivity contribution in [3.63, 3.8) is 0 Å². The molecule has 2 amide bonds. The number of nitrogens with one attached hydrogen (secondary N) is 1. The number of carbonyl (C=O) groups is 2. The largest absolute Gasteiger partial charge is 0.481 e. The molecule has 0 aromatic heterocycles. The Bertz CT molecular complexity index is 317. The van der Waals surface area contributed by atoms with Gasteiger partial charge in [-0.3, -0.25) is 4.79 Å². The van der Waals surface area contributed by atoms with Crippen LogP contribution in [0.15, 0.2) is 0 Å². The first-order valence-electron chi connectivity index (χ1n) is 5.93. The fourth-order valence-electron chi connectivity index (χ4n) is 2.14. The van der Waals surface area contributed by atoms with Crippen LogP contribution in [0.25, 0.3) is 0 Å². The van der Waals surface area contributed by atoms with Gasteiger partial charge in [0.05, 0.1) is 19.3 Å². The number of amides is 2. The number of hydrogen-bond acceptors (Lipinski definition) is 3. The zero-order chi connectivity index (χ0) is 12.4. The van der Waals surface area contributed by atoms with Gasteiger partial charge >= 0.3 is 12.0 Å². The molecular formula is C11H18N2O4. The van der Waals surface area contributed by atoms with E-state index in [0.29, 0.717) is 6.04 Å². The molecule has 1 saturated heterocycles. The molecule has 6 nitrogen and oxygen atoms in total. The van der Waals surface area contributed by atoms with Crippen LogP contribution in [0.5, 0.6) is 0 Å². The van der Waals surface area contributed by atoms with Gasteiger partial charge in [0, 0.05) is 13.1 Å². The van der Waals surface area contributed by atoms with Gasteiger partial charge < -0.3 is 20.1 Å². The average Bonchev–Trinajstić information content (AvgIpc) is 2.62. The Balaban J connectivity index is 1.86. The summed E-state index contributed by atoms with van der Waals surface area (Å²) in [6.45, 7) is 0.453. The molecule has 2 N–H and O–H groups in total. The molecule has 2 unspecified atom stereocenters. The highest BCUT2D eigenvalue weighted by Crippen LogP contribution is 2.24. The summed E-state index contributed by atoms with van der Waals surface area (Å²) in [5, 5.41) is 11.7. The van der Waals surface area contributed by atoms with Gasteiger partial charge in [0.2, 0.25) is 0 Å². The minimum atomic E-state index is -0.918. The van der Waals surface area contributed by atoms with Gasteiger partial charge in [-0.15, -0.1) is 0 Å². The molecule has 0 spiro atoms. The number of carbonyl (C=O) groups excluding carboxylic acids is 1. The van der Waals surface area contributed by atoms with Crippen molar-refractivity contribution in [2.45, 2.75) is 31.3 Å². The third kappa shape index (κ3) is 2.52. The number of urea groups is 1. The molecule has 2 fully saturated rings. The Labute approximate surface area is 99.9 Å². The molecular weight excluding hydrogens is 224 g/mol. The first kappa shape index (κ1) is 12.2.